The minimum absolute atomic E-state index is 0.0762. The minimum Gasteiger partial charge on any atom is -0.508 e. The molecule has 1 unspecified atom stereocenters. The molecular weight excluding hydrogens is 399 g/mol. The highest BCUT2D eigenvalue weighted by Gasteiger charge is 2.31. The number of hydrogen-bond acceptors (Lipinski definition) is 4. The number of phenolic OH excluding ortho intramolecular Hbond substituents is 2. The highest BCUT2D eigenvalue weighted by Crippen LogP contribution is 2.50. The summed E-state index contributed by atoms with van der Waals surface area (Å²) < 4.78 is 18.0. The second-order valence-corrected chi connectivity index (χ2v) is 10.5. The molecule has 0 heterocycles. The molecule has 30 heavy (non-hydrogen) atoms. The smallest absolute Gasteiger partial charge is 0.329 e. The summed E-state index contributed by atoms with van der Waals surface area (Å²) in [4.78, 5) is 10.5. The average molecular weight is 435 g/mol. The SMILES string of the molecule is CCOP(=O)(O)CC(c1cc(C(C)C)c(O)cc1C)c1cc(C(C)C)c(O)cc1C. The van der Waals surface area contributed by atoms with E-state index < -0.39 is 13.5 Å². The third kappa shape index (κ3) is 5.46. The molecule has 0 saturated carbocycles. The number of benzene rings is 2. The van der Waals surface area contributed by atoms with E-state index in [1.807, 2.05) is 53.7 Å². The van der Waals surface area contributed by atoms with E-state index in [4.69, 9.17) is 4.52 Å². The van der Waals surface area contributed by atoms with Crippen LogP contribution in [0.5, 0.6) is 11.5 Å². The highest BCUT2D eigenvalue weighted by atomic mass is 31.2. The first-order valence-corrected chi connectivity index (χ1v) is 12.3. The normalized spacial score (nSPS) is 14.0. The Kier molecular flexibility index (Phi) is 7.79. The Bertz CT molecular complexity index is 886. The standard InChI is InChI=1S/C24H35O5P/c1-8-29-30(27,28)13-22(20-11-18(14(2)3)23(25)9-16(20)6)21-12-19(15(4)5)24(26)10-17(21)7/h9-12,14-15,22,25-26H,8,13H2,1-7H3,(H,27,28). The summed E-state index contributed by atoms with van der Waals surface area (Å²) in [6, 6.07) is 7.32. The molecule has 0 fully saturated rings. The van der Waals surface area contributed by atoms with Crippen LogP contribution in [0.25, 0.3) is 0 Å². The Hall–Kier alpha value is -1.81. The average Bonchev–Trinajstić information content (AvgIpc) is 2.59. The first kappa shape index (κ1) is 24.5. The molecule has 0 radical (unpaired) electrons. The van der Waals surface area contributed by atoms with E-state index in [9.17, 15) is 19.7 Å². The molecule has 0 aromatic heterocycles. The molecule has 0 aliphatic heterocycles. The van der Waals surface area contributed by atoms with E-state index in [1.54, 1.807) is 19.1 Å². The maximum atomic E-state index is 12.8. The van der Waals surface area contributed by atoms with Gasteiger partial charge in [-0.25, -0.2) is 0 Å². The van der Waals surface area contributed by atoms with Crippen LogP contribution in [0, 0.1) is 13.8 Å². The van der Waals surface area contributed by atoms with Gasteiger partial charge in [0.1, 0.15) is 11.5 Å². The predicted octanol–water partition coefficient (Wildman–Crippen LogP) is 6.32. The maximum absolute atomic E-state index is 12.8. The van der Waals surface area contributed by atoms with Crippen molar-refractivity contribution in [1.82, 2.24) is 0 Å². The fraction of sp³-hybridized carbons (Fsp3) is 0.500. The summed E-state index contributed by atoms with van der Waals surface area (Å²) >= 11 is 0. The molecular formula is C24H35O5P. The predicted molar refractivity (Wildman–Crippen MR) is 122 cm³/mol. The van der Waals surface area contributed by atoms with Crippen LogP contribution in [0.1, 0.15) is 85.8 Å². The van der Waals surface area contributed by atoms with Crippen LogP contribution in [0.15, 0.2) is 24.3 Å². The minimum atomic E-state index is -3.85. The third-order valence-corrected chi connectivity index (χ3v) is 7.06. The molecule has 2 aromatic rings. The summed E-state index contributed by atoms with van der Waals surface area (Å²) in [5.74, 6) is 0.248. The highest BCUT2D eigenvalue weighted by molar-refractivity contribution is 7.52. The first-order chi connectivity index (χ1) is 13.9. The van der Waals surface area contributed by atoms with Gasteiger partial charge in [-0.15, -0.1) is 0 Å². The molecule has 166 valence electrons. The van der Waals surface area contributed by atoms with Crippen molar-refractivity contribution in [3.63, 3.8) is 0 Å². The molecule has 2 aromatic carbocycles. The van der Waals surface area contributed by atoms with Crippen molar-refractivity contribution in [2.24, 2.45) is 0 Å². The molecule has 2 rings (SSSR count). The van der Waals surface area contributed by atoms with Crippen molar-refractivity contribution in [3.8, 4) is 11.5 Å². The fourth-order valence-corrected chi connectivity index (χ4v) is 5.34. The Labute approximate surface area is 180 Å². The van der Waals surface area contributed by atoms with Gasteiger partial charge in [-0.3, -0.25) is 4.57 Å². The van der Waals surface area contributed by atoms with E-state index in [-0.39, 0.29) is 36.1 Å². The molecule has 6 heteroatoms. The fourth-order valence-electron chi connectivity index (χ4n) is 3.98. The van der Waals surface area contributed by atoms with Crippen LogP contribution in [-0.4, -0.2) is 27.9 Å². The number of aromatic hydroxyl groups is 2. The zero-order valence-electron chi connectivity index (χ0n) is 19.1. The Balaban J connectivity index is 2.77. The molecule has 3 N–H and O–H groups in total. The maximum Gasteiger partial charge on any atom is 0.329 e. The van der Waals surface area contributed by atoms with Gasteiger partial charge in [0.25, 0.3) is 0 Å². The van der Waals surface area contributed by atoms with Crippen LogP contribution in [0.3, 0.4) is 0 Å². The van der Waals surface area contributed by atoms with E-state index in [2.05, 4.69) is 0 Å². The lowest BCUT2D eigenvalue weighted by Crippen LogP contribution is -2.13. The van der Waals surface area contributed by atoms with Gasteiger partial charge < -0.3 is 19.6 Å². The lowest BCUT2D eigenvalue weighted by Gasteiger charge is -2.26. The summed E-state index contributed by atoms with van der Waals surface area (Å²) in [6.45, 7) is 13.7. The topological polar surface area (TPSA) is 87.0 Å². The molecule has 5 nitrogen and oxygen atoms in total. The van der Waals surface area contributed by atoms with Crippen molar-refractivity contribution in [1.29, 1.82) is 0 Å². The van der Waals surface area contributed by atoms with Gasteiger partial charge in [0.15, 0.2) is 0 Å². The first-order valence-electron chi connectivity index (χ1n) is 10.5. The number of rotatable bonds is 8. The second kappa shape index (κ2) is 9.55. The van der Waals surface area contributed by atoms with Crippen LogP contribution in [0.2, 0.25) is 0 Å². The van der Waals surface area contributed by atoms with Crippen LogP contribution in [0.4, 0.5) is 0 Å². The van der Waals surface area contributed by atoms with Crippen molar-refractivity contribution in [2.45, 2.75) is 66.2 Å². The largest absolute Gasteiger partial charge is 0.508 e. The Morgan fingerprint density at radius 3 is 1.57 bits per heavy atom. The van der Waals surface area contributed by atoms with Gasteiger partial charge in [0, 0.05) is 5.92 Å². The van der Waals surface area contributed by atoms with Gasteiger partial charge in [0.05, 0.1) is 12.8 Å². The van der Waals surface area contributed by atoms with Gasteiger partial charge in [-0.2, -0.15) is 0 Å². The van der Waals surface area contributed by atoms with E-state index in [0.717, 1.165) is 33.4 Å². The van der Waals surface area contributed by atoms with Gasteiger partial charge in [-0.05, 0) is 78.1 Å². The number of aryl methyl sites for hydroxylation is 2. The zero-order valence-corrected chi connectivity index (χ0v) is 20.0. The molecule has 0 spiro atoms. The molecule has 0 saturated heterocycles. The van der Waals surface area contributed by atoms with Gasteiger partial charge in [-0.1, -0.05) is 39.8 Å². The quantitative estimate of drug-likeness (QED) is 0.424. The summed E-state index contributed by atoms with van der Waals surface area (Å²) in [7, 11) is -3.85. The zero-order chi connectivity index (χ0) is 22.8. The van der Waals surface area contributed by atoms with Crippen molar-refractivity contribution in [2.75, 3.05) is 12.8 Å². The van der Waals surface area contributed by atoms with Crippen LogP contribution >= 0.6 is 7.60 Å². The summed E-state index contributed by atoms with van der Waals surface area (Å²) in [6.07, 6.45) is -0.0762. The molecule has 1 atom stereocenters. The lowest BCUT2D eigenvalue weighted by atomic mass is 9.83. The van der Waals surface area contributed by atoms with E-state index in [1.165, 1.54) is 0 Å². The Morgan fingerprint density at radius 1 is 0.833 bits per heavy atom. The number of phenols is 2. The van der Waals surface area contributed by atoms with Crippen LogP contribution < -0.4 is 0 Å². The van der Waals surface area contributed by atoms with Crippen LogP contribution in [-0.2, 0) is 9.09 Å². The monoisotopic (exact) mass is 434 g/mol. The summed E-state index contributed by atoms with van der Waals surface area (Å²) in [5.41, 5.74) is 5.05. The van der Waals surface area contributed by atoms with Gasteiger partial charge in [0.2, 0.25) is 0 Å². The summed E-state index contributed by atoms with van der Waals surface area (Å²) in [5, 5.41) is 20.8. The molecule has 0 aliphatic carbocycles. The van der Waals surface area contributed by atoms with Crippen molar-refractivity contribution >= 4 is 7.60 Å². The van der Waals surface area contributed by atoms with Gasteiger partial charge >= 0.3 is 7.60 Å². The van der Waals surface area contributed by atoms with E-state index >= 15 is 0 Å². The van der Waals surface area contributed by atoms with E-state index in [0.29, 0.717) is 0 Å². The van der Waals surface area contributed by atoms with Crippen molar-refractivity contribution in [3.05, 3.63) is 57.6 Å². The number of hydrogen-bond donors (Lipinski definition) is 3. The second-order valence-electron chi connectivity index (χ2n) is 8.64. The molecule has 0 amide bonds. The van der Waals surface area contributed by atoms with Crippen molar-refractivity contribution < 1.29 is 24.2 Å². The lowest BCUT2D eigenvalue weighted by molar-refractivity contribution is 0.272. The third-order valence-electron chi connectivity index (χ3n) is 5.57. The molecule has 0 aliphatic rings. The Morgan fingerprint density at radius 2 is 1.23 bits per heavy atom. The molecule has 0 bridgehead atoms.